The van der Waals surface area contributed by atoms with Gasteiger partial charge >= 0.3 is 0 Å². The summed E-state index contributed by atoms with van der Waals surface area (Å²) in [5.74, 6) is 1.12. The van der Waals surface area contributed by atoms with Crippen molar-refractivity contribution in [3.8, 4) is 17.2 Å². The van der Waals surface area contributed by atoms with Crippen LogP contribution >= 0.6 is 0 Å². The maximum atomic E-state index is 12.5. The van der Waals surface area contributed by atoms with E-state index in [1.165, 1.54) is 0 Å². The third kappa shape index (κ3) is 4.14. The number of oxazole rings is 1. The van der Waals surface area contributed by atoms with Crippen LogP contribution in [0.5, 0.6) is 5.75 Å². The lowest BCUT2D eigenvalue weighted by Crippen LogP contribution is -2.11. The third-order valence-corrected chi connectivity index (χ3v) is 4.54. The first-order valence-electron chi connectivity index (χ1n) is 9.55. The van der Waals surface area contributed by atoms with Crippen LogP contribution in [0.2, 0.25) is 0 Å². The second-order valence-electron chi connectivity index (χ2n) is 6.99. The van der Waals surface area contributed by atoms with Crippen LogP contribution < -0.4 is 10.1 Å². The molecule has 0 fully saturated rings. The lowest BCUT2D eigenvalue weighted by Gasteiger charge is -2.06. The van der Waals surface area contributed by atoms with E-state index in [-0.39, 0.29) is 5.91 Å². The summed E-state index contributed by atoms with van der Waals surface area (Å²) in [4.78, 5) is 17.1. The first-order valence-corrected chi connectivity index (χ1v) is 9.55. The maximum absolute atomic E-state index is 12.5. The molecule has 1 aromatic heterocycles. The first kappa shape index (κ1) is 18.7. The highest BCUT2D eigenvalue weighted by Gasteiger charge is 2.12. The van der Waals surface area contributed by atoms with E-state index in [1.54, 1.807) is 24.3 Å². The quantitative estimate of drug-likeness (QED) is 0.473. The summed E-state index contributed by atoms with van der Waals surface area (Å²) in [5.41, 5.74) is 5.86. The fourth-order valence-corrected chi connectivity index (χ4v) is 3.30. The van der Waals surface area contributed by atoms with Crippen LogP contribution in [-0.4, -0.2) is 17.5 Å². The van der Waals surface area contributed by atoms with Gasteiger partial charge in [0, 0.05) is 16.8 Å². The van der Waals surface area contributed by atoms with Gasteiger partial charge in [0.05, 0.1) is 6.61 Å². The van der Waals surface area contributed by atoms with Crippen LogP contribution in [-0.2, 0) is 0 Å². The molecule has 0 saturated carbocycles. The number of aryl methyl sites for hydroxylation is 2. The Balaban J connectivity index is 1.56. The van der Waals surface area contributed by atoms with Crippen LogP contribution in [0, 0.1) is 13.8 Å². The Labute approximate surface area is 169 Å². The Hall–Kier alpha value is -3.60. The predicted molar refractivity (Wildman–Crippen MR) is 114 cm³/mol. The average molecular weight is 386 g/mol. The molecule has 1 amide bonds. The zero-order valence-electron chi connectivity index (χ0n) is 16.7. The molecule has 29 heavy (non-hydrogen) atoms. The van der Waals surface area contributed by atoms with Crippen molar-refractivity contribution in [2.24, 2.45) is 0 Å². The van der Waals surface area contributed by atoms with Gasteiger partial charge in [-0.15, -0.1) is 0 Å². The normalized spacial score (nSPS) is 10.9. The van der Waals surface area contributed by atoms with E-state index in [2.05, 4.69) is 16.4 Å². The standard InChI is InChI=1S/C24H22N2O3/c1-4-28-20-8-5-17(6-9-20)23(27)25-19-7-10-22-21(14-19)26-24(29-22)18-12-15(2)11-16(3)13-18/h5-14H,4H2,1-3H3,(H,25,27). The second kappa shape index (κ2) is 7.80. The molecule has 5 nitrogen and oxygen atoms in total. The SMILES string of the molecule is CCOc1ccc(C(=O)Nc2ccc3oc(-c4cc(C)cc(C)c4)nc3c2)cc1. The van der Waals surface area contributed by atoms with Crippen LogP contribution in [0.3, 0.4) is 0 Å². The van der Waals surface area contributed by atoms with Gasteiger partial charge in [-0.25, -0.2) is 4.98 Å². The molecule has 0 aliphatic heterocycles. The number of hydrogen-bond donors (Lipinski definition) is 1. The summed E-state index contributed by atoms with van der Waals surface area (Å²) >= 11 is 0. The molecule has 146 valence electrons. The molecule has 0 aliphatic rings. The fourth-order valence-electron chi connectivity index (χ4n) is 3.30. The number of nitrogens with zero attached hydrogens (tertiary/aromatic N) is 1. The van der Waals surface area contributed by atoms with Crippen molar-refractivity contribution >= 4 is 22.7 Å². The Kier molecular flexibility index (Phi) is 5.04. The Morgan fingerprint density at radius 1 is 1.00 bits per heavy atom. The first-order chi connectivity index (χ1) is 14.0. The van der Waals surface area contributed by atoms with E-state index in [4.69, 9.17) is 9.15 Å². The number of nitrogens with one attached hydrogen (secondary N) is 1. The monoisotopic (exact) mass is 386 g/mol. The van der Waals surface area contributed by atoms with E-state index in [0.29, 0.717) is 34.8 Å². The van der Waals surface area contributed by atoms with Crippen molar-refractivity contribution in [2.45, 2.75) is 20.8 Å². The van der Waals surface area contributed by atoms with Crippen molar-refractivity contribution in [2.75, 3.05) is 11.9 Å². The number of carbonyl (C=O) groups is 1. The Morgan fingerprint density at radius 3 is 2.41 bits per heavy atom. The highest BCUT2D eigenvalue weighted by atomic mass is 16.5. The van der Waals surface area contributed by atoms with Gasteiger partial charge in [-0.2, -0.15) is 0 Å². The number of carbonyl (C=O) groups excluding carboxylic acids is 1. The van der Waals surface area contributed by atoms with Crippen molar-refractivity contribution in [3.05, 3.63) is 77.4 Å². The third-order valence-electron chi connectivity index (χ3n) is 4.54. The minimum atomic E-state index is -0.189. The highest BCUT2D eigenvalue weighted by Crippen LogP contribution is 2.27. The van der Waals surface area contributed by atoms with Gasteiger partial charge in [0.1, 0.15) is 11.3 Å². The van der Waals surface area contributed by atoms with Crippen LogP contribution in [0.4, 0.5) is 5.69 Å². The topological polar surface area (TPSA) is 64.4 Å². The predicted octanol–water partition coefficient (Wildman–Crippen LogP) is 5.76. The highest BCUT2D eigenvalue weighted by molar-refractivity contribution is 6.05. The number of anilines is 1. The van der Waals surface area contributed by atoms with E-state index < -0.39 is 0 Å². The number of fused-ring (bicyclic) bond motifs is 1. The molecule has 0 saturated heterocycles. The molecule has 0 radical (unpaired) electrons. The number of ether oxygens (including phenoxy) is 1. The molecular formula is C24H22N2O3. The molecule has 0 atom stereocenters. The van der Waals surface area contributed by atoms with Crippen LogP contribution in [0.15, 0.2) is 65.1 Å². The summed E-state index contributed by atoms with van der Waals surface area (Å²) < 4.78 is 11.3. The largest absolute Gasteiger partial charge is 0.494 e. The summed E-state index contributed by atoms with van der Waals surface area (Å²) in [6.45, 7) is 6.61. The molecule has 5 heteroatoms. The van der Waals surface area contributed by atoms with Gasteiger partial charge in [-0.3, -0.25) is 4.79 Å². The van der Waals surface area contributed by atoms with Crippen LogP contribution in [0.1, 0.15) is 28.4 Å². The van der Waals surface area contributed by atoms with Gasteiger partial charge in [0.2, 0.25) is 5.89 Å². The second-order valence-corrected chi connectivity index (χ2v) is 6.99. The molecular weight excluding hydrogens is 364 g/mol. The number of amides is 1. The average Bonchev–Trinajstić information content (AvgIpc) is 3.11. The van der Waals surface area contributed by atoms with Gasteiger partial charge < -0.3 is 14.5 Å². The Morgan fingerprint density at radius 2 is 1.72 bits per heavy atom. The van der Waals surface area contributed by atoms with Gasteiger partial charge in [-0.1, -0.05) is 17.2 Å². The van der Waals surface area contributed by atoms with Gasteiger partial charge in [0.15, 0.2) is 5.58 Å². The fraction of sp³-hybridized carbons (Fsp3) is 0.167. The van der Waals surface area contributed by atoms with Crippen molar-refractivity contribution in [3.63, 3.8) is 0 Å². The molecule has 0 unspecified atom stereocenters. The summed E-state index contributed by atoms with van der Waals surface area (Å²) in [7, 11) is 0. The zero-order chi connectivity index (χ0) is 20.4. The van der Waals surface area contributed by atoms with Gasteiger partial charge in [-0.05, 0) is 75.4 Å². The molecule has 3 aromatic carbocycles. The number of rotatable bonds is 5. The van der Waals surface area contributed by atoms with Crippen molar-refractivity contribution in [1.82, 2.24) is 4.98 Å². The number of aromatic nitrogens is 1. The molecule has 1 N–H and O–H groups in total. The lowest BCUT2D eigenvalue weighted by atomic mass is 10.1. The molecule has 4 rings (SSSR count). The van der Waals surface area contributed by atoms with Crippen molar-refractivity contribution in [1.29, 1.82) is 0 Å². The zero-order valence-corrected chi connectivity index (χ0v) is 16.7. The molecule has 0 aliphatic carbocycles. The number of hydrogen-bond acceptors (Lipinski definition) is 4. The maximum Gasteiger partial charge on any atom is 0.255 e. The van der Waals surface area contributed by atoms with E-state index in [9.17, 15) is 4.79 Å². The molecule has 1 heterocycles. The molecule has 0 bridgehead atoms. The van der Waals surface area contributed by atoms with Gasteiger partial charge in [0.25, 0.3) is 5.91 Å². The van der Waals surface area contributed by atoms with E-state index >= 15 is 0 Å². The minimum absolute atomic E-state index is 0.189. The Bertz CT molecular complexity index is 1160. The van der Waals surface area contributed by atoms with Crippen molar-refractivity contribution < 1.29 is 13.9 Å². The molecule has 0 spiro atoms. The summed E-state index contributed by atoms with van der Waals surface area (Å²) in [6, 6.07) is 18.7. The smallest absolute Gasteiger partial charge is 0.255 e. The summed E-state index contributed by atoms with van der Waals surface area (Å²) in [5, 5.41) is 2.91. The lowest BCUT2D eigenvalue weighted by molar-refractivity contribution is 0.102. The minimum Gasteiger partial charge on any atom is -0.494 e. The van der Waals surface area contributed by atoms with Crippen LogP contribution in [0.25, 0.3) is 22.6 Å². The van der Waals surface area contributed by atoms with E-state index in [0.717, 1.165) is 22.4 Å². The summed E-state index contributed by atoms with van der Waals surface area (Å²) in [6.07, 6.45) is 0. The molecule has 4 aromatic rings. The number of benzene rings is 3. The van der Waals surface area contributed by atoms with E-state index in [1.807, 2.05) is 51.1 Å².